The van der Waals surface area contributed by atoms with Crippen molar-refractivity contribution in [3.8, 4) is 0 Å². The van der Waals surface area contributed by atoms with E-state index in [4.69, 9.17) is 22.4 Å². The van der Waals surface area contributed by atoms with Crippen LogP contribution in [0.5, 0.6) is 0 Å². The highest BCUT2D eigenvalue weighted by Crippen LogP contribution is 2.23. The van der Waals surface area contributed by atoms with Crippen molar-refractivity contribution in [3.05, 3.63) is 39.1 Å². The highest BCUT2D eigenvalue weighted by Gasteiger charge is 2.16. The number of hydrogen-bond donors (Lipinski definition) is 3. The van der Waals surface area contributed by atoms with E-state index >= 15 is 0 Å². The quantitative estimate of drug-likeness (QED) is 0.701. The van der Waals surface area contributed by atoms with E-state index in [1.807, 2.05) is 0 Å². The van der Waals surface area contributed by atoms with Gasteiger partial charge in [0.05, 0.1) is 11.2 Å². The summed E-state index contributed by atoms with van der Waals surface area (Å²) in [5.41, 5.74) is 4.81. The lowest BCUT2D eigenvalue weighted by Crippen LogP contribution is -2.20. The molecule has 0 aliphatic rings. The number of carbonyl (C=O) groups is 1. The number of aromatic amines is 1. The molecular weight excluding hydrogens is 232 g/mol. The summed E-state index contributed by atoms with van der Waals surface area (Å²) in [6.45, 7) is 0. The van der Waals surface area contributed by atoms with Crippen LogP contribution in [-0.2, 0) is 0 Å². The minimum absolute atomic E-state index is 0.0529. The Hall–Kier alpha value is -2.01. The van der Waals surface area contributed by atoms with Crippen molar-refractivity contribution in [3.63, 3.8) is 0 Å². The van der Waals surface area contributed by atoms with Gasteiger partial charge in [0, 0.05) is 10.4 Å². The molecule has 0 fully saturated rings. The van der Waals surface area contributed by atoms with Crippen LogP contribution in [0.4, 0.5) is 5.69 Å². The smallest absolute Gasteiger partial charge is 0.343 e. The molecule has 0 amide bonds. The van der Waals surface area contributed by atoms with Gasteiger partial charge in [-0.1, -0.05) is 11.6 Å². The summed E-state index contributed by atoms with van der Waals surface area (Å²) in [5.74, 6) is -1.35. The molecule has 6 heteroatoms. The number of nitrogens with one attached hydrogen (secondary N) is 1. The first-order valence-corrected chi connectivity index (χ1v) is 4.73. The number of carboxylic acid groups (broad SMARTS) is 1. The third kappa shape index (κ3) is 1.51. The van der Waals surface area contributed by atoms with E-state index in [2.05, 4.69) is 4.98 Å². The number of hydrogen-bond acceptors (Lipinski definition) is 3. The maximum absolute atomic E-state index is 11.4. The summed E-state index contributed by atoms with van der Waals surface area (Å²) in [7, 11) is 0. The van der Waals surface area contributed by atoms with E-state index in [0.29, 0.717) is 15.9 Å². The zero-order valence-electron chi connectivity index (χ0n) is 7.95. The molecule has 0 aliphatic carbocycles. The van der Waals surface area contributed by atoms with E-state index in [-0.39, 0.29) is 5.69 Å². The SMILES string of the molecule is Nc1c(C(=O)O)c(=O)[nH]c2cc(Cl)ccc12. The molecule has 0 radical (unpaired) electrons. The molecule has 0 spiro atoms. The molecule has 0 aliphatic heterocycles. The standard InChI is InChI=1S/C10H7ClN2O3/c11-4-1-2-5-6(3-4)13-9(14)7(8(5)12)10(15)16/h1-3H,(H,15,16)(H3,12,13,14). The number of pyridine rings is 1. The van der Waals surface area contributed by atoms with Gasteiger partial charge in [0.25, 0.3) is 5.56 Å². The molecule has 4 N–H and O–H groups in total. The van der Waals surface area contributed by atoms with Crippen LogP contribution in [0, 0.1) is 0 Å². The third-order valence-electron chi connectivity index (χ3n) is 2.23. The van der Waals surface area contributed by atoms with Crippen LogP contribution in [0.3, 0.4) is 0 Å². The fourth-order valence-electron chi connectivity index (χ4n) is 1.51. The summed E-state index contributed by atoms with van der Waals surface area (Å²) in [5, 5.41) is 9.73. The van der Waals surface area contributed by atoms with Crippen LogP contribution >= 0.6 is 11.6 Å². The van der Waals surface area contributed by atoms with Crippen molar-refractivity contribution in [1.82, 2.24) is 4.98 Å². The minimum atomic E-state index is -1.35. The topological polar surface area (TPSA) is 96.2 Å². The van der Waals surface area contributed by atoms with E-state index in [0.717, 1.165) is 0 Å². The average molecular weight is 239 g/mol. The molecular formula is C10H7ClN2O3. The van der Waals surface area contributed by atoms with Crippen LogP contribution < -0.4 is 11.3 Å². The van der Waals surface area contributed by atoms with Crippen LogP contribution in [0.15, 0.2) is 23.0 Å². The number of nitrogen functional groups attached to an aromatic ring is 1. The predicted octanol–water partition coefficient (Wildman–Crippen LogP) is 1.46. The van der Waals surface area contributed by atoms with Crippen molar-refractivity contribution in [2.24, 2.45) is 0 Å². The van der Waals surface area contributed by atoms with Crippen LogP contribution in [-0.4, -0.2) is 16.1 Å². The van der Waals surface area contributed by atoms with Gasteiger partial charge >= 0.3 is 5.97 Å². The number of nitrogens with two attached hydrogens (primary N) is 1. The van der Waals surface area contributed by atoms with Gasteiger partial charge in [-0.05, 0) is 18.2 Å². The molecule has 1 aromatic carbocycles. The largest absolute Gasteiger partial charge is 0.477 e. The van der Waals surface area contributed by atoms with Gasteiger partial charge in [0.1, 0.15) is 5.56 Å². The highest BCUT2D eigenvalue weighted by molar-refractivity contribution is 6.31. The molecule has 16 heavy (non-hydrogen) atoms. The van der Waals surface area contributed by atoms with Crippen LogP contribution in [0.2, 0.25) is 5.02 Å². The summed E-state index contributed by atoms with van der Waals surface area (Å²) in [6, 6.07) is 4.65. The first kappa shape index (κ1) is 10.5. The molecule has 2 aromatic rings. The van der Waals surface area contributed by atoms with Crippen LogP contribution in [0.25, 0.3) is 10.9 Å². The number of carboxylic acids is 1. The van der Waals surface area contributed by atoms with Gasteiger partial charge in [-0.25, -0.2) is 4.79 Å². The second-order valence-corrected chi connectivity index (χ2v) is 3.67. The monoisotopic (exact) mass is 238 g/mol. The molecule has 2 rings (SSSR count). The van der Waals surface area contributed by atoms with Gasteiger partial charge in [-0.15, -0.1) is 0 Å². The number of aromatic carboxylic acids is 1. The van der Waals surface area contributed by atoms with Crippen molar-refractivity contribution >= 4 is 34.2 Å². The zero-order chi connectivity index (χ0) is 11.9. The lowest BCUT2D eigenvalue weighted by Gasteiger charge is -2.05. The second kappa shape index (κ2) is 3.53. The lowest BCUT2D eigenvalue weighted by molar-refractivity contribution is 0.0696. The Kier molecular flexibility index (Phi) is 2.32. The van der Waals surface area contributed by atoms with Gasteiger partial charge < -0.3 is 15.8 Å². The van der Waals surface area contributed by atoms with Crippen molar-refractivity contribution in [2.75, 3.05) is 5.73 Å². The minimum Gasteiger partial charge on any atom is -0.477 e. The van der Waals surface area contributed by atoms with E-state index in [9.17, 15) is 9.59 Å². The Bertz CT molecular complexity index is 648. The molecule has 82 valence electrons. The lowest BCUT2D eigenvalue weighted by atomic mass is 10.1. The Balaban J connectivity index is 2.94. The maximum atomic E-state index is 11.4. The second-order valence-electron chi connectivity index (χ2n) is 3.24. The summed E-state index contributed by atoms with van der Waals surface area (Å²) >= 11 is 5.75. The summed E-state index contributed by atoms with van der Waals surface area (Å²) in [6.07, 6.45) is 0. The number of aromatic nitrogens is 1. The van der Waals surface area contributed by atoms with Gasteiger partial charge in [-0.3, -0.25) is 4.79 Å². The Morgan fingerprint density at radius 1 is 1.44 bits per heavy atom. The van der Waals surface area contributed by atoms with Crippen molar-refractivity contribution in [1.29, 1.82) is 0 Å². The molecule has 0 unspecified atom stereocenters. The Morgan fingerprint density at radius 3 is 2.75 bits per heavy atom. The van der Waals surface area contributed by atoms with Crippen LogP contribution in [0.1, 0.15) is 10.4 Å². The van der Waals surface area contributed by atoms with Gasteiger partial charge in [-0.2, -0.15) is 0 Å². The van der Waals surface area contributed by atoms with Gasteiger partial charge in [0.15, 0.2) is 0 Å². The number of fused-ring (bicyclic) bond motifs is 1. The number of rotatable bonds is 1. The van der Waals surface area contributed by atoms with Crippen molar-refractivity contribution < 1.29 is 9.90 Å². The Labute approximate surface area is 94.5 Å². The number of halogens is 1. The number of benzene rings is 1. The van der Waals surface area contributed by atoms with E-state index in [1.54, 1.807) is 12.1 Å². The number of H-pyrrole nitrogens is 1. The molecule has 0 bridgehead atoms. The highest BCUT2D eigenvalue weighted by atomic mass is 35.5. The van der Waals surface area contributed by atoms with E-state index < -0.39 is 17.1 Å². The average Bonchev–Trinajstić information content (AvgIpc) is 2.15. The zero-order valence-corrected chi connectivity index (χ0v) is 8.71. The number of anilines is 1. The normalized spacial score (nSPS) is 10.6. The molecule has 0 saturated heterocycles. The molecule has 5 nitrogen and oxygen atoms in total. The maximum Gasteiger partial charge on any atom is 0.343 e. The molecule has 1 aromatic heterocycles. The molecule has 0 saturated carbocycles. The third-order valence-corrected chi connectivity index (χ3v) is 2.47. The fourth-order valence-corrected chi connectivity index (χ4v) is 1.68. The first-order valence-electron chi connectivity index (χ1n) is 4.35. The molecule has 1 heterocycles. The fraction of sp³-hybridized carbons (Fsp3) is 0. The first-order chi connectivity index (χ1) is 7.50. The van der Waals surface area contributed by atoms with Gasteiger partial charge in [0.2, 0.25) is 0 Å². The Morgan fingerprint density at radius 2 is 2.12 bits per heavy atom. The van der Waals surface area contributed by atoms with Crippen molar-refractivity contribution in [2.45, 2.75) is 0 Å². The summed E-state index contributed by atoms with van der Waals surface area (Å²) < 4.78 is 0. The summed E-state index contributed by atoms with van der Waals surface area (Å²) in [4.78, 5) is 24.7. The predicted molar refractivity (Wildman–Crippen MR) is 61.0 cm³/mol. The van der Waals surface area contributed by atoms with E-state index in [1.165, 1.54) is 6.07 Å². The molecule has 0 atom stereocenters.